The highest BCUT2D eigenvalue weighted by Crippen LogP contribution is 2.23. The third-order valence-corrected chi connectivity index (χ3v) is 3.78. The molecule has 0 aliphatic rings. The molecule has 140 valence electrons. The van der Waals surface area contributed by atoms with Crippen molar-refractivity contribution in [3.8, 4) is 5.75 Å². The molecule has 1 amide bonds. The van der Waals surface area contributed by atoms with Crippen molar-refractivity contribution < 1.29 is 23.6 Å². The van der Waals surface area contributed by atoms with Crippen LogP contribution >= 0.6 is 0 Å². The third-order valence-electron chi connectivity index (χ3n) is 3.78. The van der Waals surface area contributed by atoms with Crippen LogP contribution in [-0.2, 0) is 14.3 Å². The van der Waals surface area contributed by atoms with E-state index in [0.29, 0.717) is 17.4 Å². The standard InChI is InChI=1S/C19H24N2O5/c1-11(2)16-7-6-15(8-12(16)3)24-10-18(22)25-14(5)19(23)20-17-9-13(4)26-21-17/h6-9,11,14H,10H2,1-5H3,(H,20,21,23)/t14-/m0/s1. The van der Waals surface area contributed by atoms with Crippen LogP contribution in [0.15, 0.2) is 28.8 Å². The van der Waals surface area contributed by atoms with E-state index in [9.17, 15) is 9.59 Å². The number of aryl methyl sites for hydroxylation is 2. The number of hydrogen-bond donors (Lipinski definition) is 1. The van der Waals surface area contributed by atoms with E-state index in [-0.39, 0.29) is 12.4 Å². The molecule has 0 bridgehead atoms. The molecule has 0 spiro atoms. The second kappa shape index (κ2) is 8.51. The van der Waals surface area contributed by atoms with Gasteiger partial charge in [-0.2, -0.15) is 0 Å². The van der Waals surface area contributed by atoms with Gasteiger partial charge < -0.3 is 19.3 Å². The topological polar surface area (TPSA) is 90.7 Å². The van der Waals surface area contributed by atoms with E-state index in [0.717, 1.165) is 5.56 Å². The molecule has 26 heavy (non-hydrogen) atoms. The lowest BCUT2D eigenvalue weighted by molar-refractivity contribution is -0.155. The second-order valence-corrected chi connectivity index (χ2v) is 6.41. The number of esters is 1. The summed E-state index contributed by atoms with van der Waals surface area (Å²) in [6.45, 7) is 9.14. The number of carbonyl (C=O) groups excluding carboxylic acids is 2. The fourth-order valence-corrected chi connectivity index (χ4v) is 2.47. The molecular weight excluding hydrogens is 336 g/mol. The average molecular weight is 360 g/mol. The summed E-state index contributed by atoms with van der Waals surface area (Å²) >= 11 is 0. The molecule has 1 N–H and O–H groups in total. The van der Waals surface area contributed by atoms with Crippen LogP contribution in [0.2, 0.25) is 0 Å². The van der Waals surface area contributed by atoms with Gasteiger partial charge >= 0.3 is 5.97 Å². The van der Waals surface area contributed by atoms with E-state index in [1.165, 1.54) is 12.5 Å². The number of anilines is 1. The Balaban J connectivity index is 1.82. The van der Waals surface area contributed by atoms with Gasteiger partial charge in [0.1, 0.15) is 11.5 Å². The van der Waals surface area contributed by atoms with E-state index in [1.807, 2.05) is 25.1 Å². The lowest BCUT2D eigenvalue weighted by Crippen LogP contribution is -2.31. The van der Waals surface area contributed by atoms with Crippen molar-refractivity contribution in [2.45, 2.75) is 46.6 Å². The van der Waals surface area contributed by atoms with Crippen molar-refractivity contribution >= 4 is 17.7 Å². The monoisotopic (exact) mass is 360 g/mol. The van der Waals surface area contributed by atoms with Gasteiger partial charge in [0.05, 0.1) is 0 Å². The summed E-state index contributed by atoms with van der Waals surface area (Å²) in [7, 11) is 0. The Hall–Kier alpha value is -2.83. The van der Waals surface area contributed by atoms with Crippen molar-refractivity contribution in [2.24, 2.45) is 0 Å². The summed E-state index contributed by atoms with van der Waals surface area (Å²) in [6, 6.07) is 7.25. The van der Waals surface area contributed by atoms with Crippen LogP contribution in [0.4, 0.5) is 5.82 Å². The predicted molar refractivity (Wildman–Crippen MR) is 96.2 cm³/mol. The molecule has 0 saturated carbocycles. The number of amides is 1. The summed E-state index contributed by atoms with van der Waals surface area (Å²) in [5.41, 5.74) is 2.33. The zero-order chi connectivity index (χ0) is 19.3. The highest BCUT2D eigenvalue weighted by molar-refractivity contribution is 5.94. The Labute approximate surface area is 152 Å². The van der Waals surface area contributed by atoms with Gasteiger partial charge in [0.15, 0.2) is 18.5 Å². The Bertz CT molecular complexity index is 782. The van der Waals surface area contributed by atoms with E-state index in [4.69, 9.17) is 14.0 Å². The smallest absolute Gasteiger partial charge is 0.344 e. The van der Waals surface area contributed by atoms with E-state index < -0.39 is 18.0 Å². The van der Waals surface area contributed by atoms with Crippen LogP contribution in [0.25, 0.3) is 0 Å². The van der Waals surface area contributed by atoms with Gasteiger partial charge in [0.25, 0.3) is 5.91 Å². The van der Waals surface area contributed by atoms with Gasteiger partial charge in [0, 0.05) is 6.07 Å². The number of carbonyl (C=O) groups is 2. The fourth-order valence-electron chi connectivity index (χ4n) is 2.47. The van der Waals surface area contributed by atoms with E-state index in [1.54, 1.807) is 13.0 Å². The first-order chi connectivity index (χ1) is 12.3. The minimum atomic E-state index is -0.979. The number of nitrogens with one attached hydrogen (secondary N) is 1. The molecule has 0 radical (unpaired) electrons. The number of nitrogens with zero attached hydrogens (tertiary/aromatic N) is 1. The number of ether oxygens (including phenoxy) is 2. The SMILES string of the molecule is Cc1cc(NC(=O)[C@H](C)OC(=O)COc2ccc(C(C)C)c(C)c2)no1. The van der Waals surface area contributed by atoms with Gasteiger partial charge in [-0.3, -0.25) is 4.79 Å². The minimum absolute atomic E-state index is 0.271. The van der Waals surface area contributed by atoms with E-state index >= 15 is 0 Å². The van der Waals surface area contributed by atoms with Gasteiger partial charge in [-0.05, 0) is 49.9 Å². The van der Waals surface area contributed by atoms with Crippen LogP contribution in [0.5, 0.6) is 5.75 Å². The number of benzene rings is 1. The Morgan fingerprint density at radius 2 is 1.92 bits per heavy atom. The molecule has 0 aliphatic heterocycles. The summed E-state index contributed by atoms with van der Waals surface area (Å²) < 4.78 is 15.4. The zero-order valence-electron chi connectivity index (χ0n) is 15.7. The van der Waals surface area contributed by atoms with Crippen molar-refractivity contribution in [3.05, 3.63) is 41.2 Å². The third kappa shape index (κ3) is 5.34. The first-order valence-corrected chi connectivity index (χ1v) is 8.43. The number of hydrogen-bond acceptors (Lipinski definition) is 6. The lowest BCUT2D eigenvalue weighted by Gasteiger charge is -2.14. The number of aromatic nitrogens is 1. The average Bonchev–Trinajstić information content (AvgIpc) is 2.97. The van der Waals surface area contributed by atoms with Gasteiger partial charge in [-0.25, -0.2) is 4.79 Å². The molecule has 0 aliphatic carbocycles. The quantitative estimate of drug-likeness (QED) is 0.761. The molecule has 1 aromatic carbocycles. The molecule has 1 atom stereocenters. The molecule has 2 aromatic rings. The molecule has 7 heteroatoms. The molecule has 0 unspecified atom stereocenters. The molecule has 1 aromatic heterocycles. The minimum Gasteiger partial charge on any atom is -0.482 e. The highest BCUT2D eigenvalue weighted by atomic mass is 16.6. The first kappa shape index (κ1) is 19.5. The zero-order valence-corrected chi connectivity index (χ0v) is 15.7. The molecule has 1 heterocycles. The Kier molecular flexibility index (Phi) is 6.38. The highest BCUT2D eigenvalue weighted by Gasteiger charge is 2.19. The normalized spacial score (nSPS) is 11.9. The molecule has 2 rings (SSSR count). The molecule has 0 saturated heterocycles. The van der Waals surface area contributed by atoms with Crippen LogP contribution in [0.1, 0.15) is 43.6 Å². The summed E-state index contributed by atoms with van der Waals surface area (Å²) in [5.74, 6) is 0.712. The van der Waals surface area contributed by atoms with Crippen molar-refractivity contribution in [1.82, 2.24) is 5.16 Å². The maximum atomic E-state index is 12.0. The van der Waals surface area contributed by atoms with Crippen molar-refractivity contribution in [1.29, 1.82) is 0 Å². The predicted octanol–water partition coefficient (Wildman–Crippen LogP) is 3.36. The van der Waals surface area contributed by atoms with Gasteiger partial charge in [0.2, 0.25) is 0 Å². The summed E-state index contributed by atoms with van der Waals surface area (Å²) in [4.78, 5) is 23.9. The van der Waals surface area contributed by atoms with Crippen LogP contribution in [0, 0.1) is 13.8 Å². The molecule has 7 nitrogen and oxygen atoms in total. The molecular formula is C19H24N2O5. The number of rotatable bonds is 7. The fraction of sp³-hybridized carbons (Fsp3) is 0.421. The maximum absolute atomic E-state index is 12.0. The summed E-state index contributed by atoms with van der Waals surface area (Å²) in [6.07, 6.45) is -0.979. The second-order valence-electron chi connectivity index (χ2n) is 6.41. The van der Waals surface area contributed by atoms with Crippen molar-refractivity contribution in [3.63, 3.8) is 0 Å². The van der Waals surface area contributed by atoms with Crippen LogP contribution in [-0.4, -0.2) is 29.7 Å². The van der Waals surface area contributed by atoms with Gasteiger partial charge in [-0.15, -0.1) is 0 Å². The first-order valence-electron chi connectivity index (χ1n) is 8.43. The van der Waals surface area contributed by atoms with Gasteiger partial charge in [-0.1, -0.05) is 25.1 Å². The largest absolute Gasteiger partial charge is 0.482 e. The van der Waals surface area contributed by atoms with Crippen molar-refractivity contribution in [2.75, 3.05) is 11.9 Å². The summed E-state index contributed by atoms with van der Waals surface area (Å²) in [5, 5.41) is 6.15. The van der Waals surface area contributed by atoms with Crippen LogP contribution < -0.4 is 10.1 Å². The van der Waals surface area contributed by atoms with Crippen LogP contribution in [0.3, 0.4) is 0 Å². The maximum Gasteiger partial charge on any atom is 0.344 e. The Morgan fingerprint density at radius 1 is 1.19 bits per heavy atom. The van der Waals surface area contributed by atoms with E-state index in [2.05, 4.69) is 24.3 Å². The Morgan fingerprint density at radius 3 is 2.50 bits per heavy atom. The lowest BCUT2D eigenvalue weighted by atomic mass is 9.98. The molecule has 0 fully saturated rings.